The van der Waals surface area contributed by atoms with Crippen molar-refractivity contribution in [1.29, 1.82) is 0 Å². The molecule has 0 amide bonds. The minimum Gasteiger partial charge on any atom is -0.462 e. The van der Waals surface area contributed by atoms with E-state index in [0.717, 1.165) is 70.1 Å². The average molecular weight is 707 g/mol. The Kier molecular flexibility index (Phi) is 26.4. The van der Waals surface area contributed by atoms with Crippen LogP contribution in [0.5, 0.6) is 0 Å². The SMILES string of the molecule is CCCCC/C=C\CC1OC1CCCCCCCC(=O)O[C@H](COC(=O)CCCCCCCCC(C)C)COP(=O)(O)OC[C@@H](O)CO. The van der Waals surface area contributed by atoms with Gasteiger partial charge in [0.1, 0.15) is 12.7 Å². The largest absolute Gasteiger partial charge is 0.472 e. The van der Waals surface area contributed by atoms with E-state index in [1.165, 1.54) is 38.5 Å². The van der Waals surface area contributed by atoms with Crippen LogP contribution in [0.1, 0.15) is 149 Å². The molecule has 1 rings (SSSR count). The molecule has 0 aromatic carbocycles. The van der Waals surface area contributed by atoms with Crippen LogP contribution in [-0.4, -0.2) is 77.9 Å². The Morgan fingerprint density at radius 1 is 0.792 bits per heavy atom. The normalized spacial score (nSPS) is 18.6. The maximum Gasteiger partial charge on any atom is 0.472 e. The second-order valence-electron chi connectivity index (χ2n) is 13.5. The Labute approximate surface area is 290 Å². The Morgan fingerprint density at radius 3 is 2.08 bits per heavy atom. The zero-order valence-electron chi connectivity index (χ0n) is 30.1. The number of phosphoric ester groups is 1. The summed E-state index contributed by atoms with van der Waals surface area (Å²) in [6, 6.07) is 0. The fourth-order valence-electron chi connectivity index (χ4n) is 5.24. The maximum absolute atomic E-state index is 12.6. The Bertz CT molecular complexity index is 897. The van der Waals surface area contributed by atoms with Crippen molar-refractivity contribution in [3.63, 3.8) is 0 Å². The standard InChI is InChI=1S/C36H67O11P/c1-4-5-6-7-12-17-22-33-34(47-33)23-18-13-10-15-20-25-36(40)46-32(29-45-48(41,42)44-27-31(38)26-37)28-43-35(39)24-19-14-9-8-11-16-21-30(2)3/h12,17,30-34,37-38H,4-11,13-16,18-29H2,1-3H3,(H,41,42)/b17-12-/t31-,32+,33?,34?/m0/s1. The van der Waals surface area contributed by atoms with Gasteiger partial charge in [-0.05, 0) is 44.4 Å². The van der Waals surface area contributed by atoms with Gasteiger partial charge in [-0.3, -0.25) is 18.6 Å². The summed E-state index contributed by atoms with van der Waals surface area (Å²) < 4.78 is 38.3. The minimum absolute atomic E-state index is 0.163. The number of ether oxygens (including phenoxy) is 3. The molecule has 0 aromatic rings. The van der Waals surface area contributed by atoms with Crippen LogP contribution in [0.2, 0.25) is 0 Å². The van der Waals surface area contributed by atoms with E-state index < -0.39 is 51.8 Å². The molecule has 0 radical (unpaired) electrons. The van der Waals surface area contributed by atoms with Gasteiger partial charge in [-0.1, -0.05) is 110 Å². The van der Waals surface area contributed by atoms with Gasteiger partial charge in [-0.2, -0.15) is 0 Å². The van der Waals surface area contributed by atoms with Gasteiger partial charge in [0.25, 0.3) is 0 Å². The third-order valence-corrected chi connectivity index (χ3v) is 9.22. The van der Waals surface area contributed by atoms with E-state index in [1.807, 2.05) is 0 Å². The third kappa shape index (κ3) is 26.5. The monoisotopic (exact) mass is 706 g/mol. The first-order valence-electron chi connectivity index (χ1n) is 18.6. The van der Waals surface area contributed by atoms with Crippen molar-refractivity contribution in [3.05, 3.63) is 12.2 Å². The lowest BCUT2D eigenvalue weighted by atomic mass is 10.0. The summed E-state index contributed by atoms with van der Waals surface area (Å²) in [6.07, 6.45) is 22.3. The average Bonchev–Trinajstić information content (AvgIpc) is 3.81. The quantitative estimate of drug-likeness (QED) is 0.0201. The highest BCUT2D eigenvalue weighted by Gasteiger charge is 2.36. The second-order valence-corrected chi connectivity index (χ2v) is 14.9. The number of esters is 2. The molecule has 1 aliphatic heterocycles. The highest BCUT2D eigenvalue weighted by Crippen LogP contribution is 2.43. The van der Waals surface area contributed by atoms with Crippen molar-refractivity contribution in [1.82, 2.24) is 0 Å². The Balaban J connectivity index is 2.31. The number of aliphatic hydroxyl groups excluding tert-OH is 2. The number of hydrogen-bond acceptors (Lipinski definition) is 10. The molecule has 1 saturated heterocycles. The van der Waals surface area contributed by atoms with Crippen molar-refractivity contribution in [2.75, 3.05) is 26.4 Å². The van der Waals surface area contributed by atoms with Gasteiger partial charge in [0, 0.05) is 12.8 Å². The molecule has 1 heterocycles. The van der Waals surface area contributed by atoms with Crippen LogP contribution < -0.4 is 0 Å². The van der Waals surface area contributed by atoms with Crippen LogP contribution in [0.15, 0.2) is 12.2 Å². The minimum atomic E-state index is -4.61. The maximum atomic E-state index is 12.6. The lowest BCUT2D eigenvalue weighted by molar-refractivity contribution is -0.161. The van der Waals surface area contributed by atoms with Gasteiger partial charge in [0.15, 0.2) is 6.10 Å². The zero-order valence-corrected chi connectivity index (χ0v) is 31.0. The summed E-state index contributed by atoms with van der Waals surface area (Å²) in [6.45, 7) is 4.53. The highest BCUT2D eigenvalue weighted by atomic mass is 31.2. The predicted molar refractivity (Wildman–Crippen MR) is 186 cm³/mol. The van der Waals surface area contributed by atoms with Crippen molar-refractivity contribution in [2.45, 2.75) is 174 Å². The summed E-state index contributed by atoms with van der Waals surface area (Å²) in [4.78, 5) is 34.8. The molecule has 282 valence electrons. The Morgan fingerprint density at radius 2 is 1.42 bits per heavy atom. The molecule has 3 N–H and O–H groups in total. The summed E-state index contributed by atoms with van der Waals surface area (Å²) in [7, 11) is -4.61. The van der Waals surface area contributed by atoms with E-state index in [0.29, 0.717) is 25.0 Å². The van der Waals surface area contributed by atoms with Gasteiger partial charge in [0.05, 0.1) is 32.0 Å². The van der Waals surface area contributed by atoms with E-state index in [1.54, 1.807) is 0 Å². The molecule has 0 aliphatic carbocycles. The third-order valence-electron chi connectivity index (χ3n) is 8.27. The lowest BCUT2D eigenvalue weighted by Gasteiger charge is -2.20. The van der Waals surface area contributed by atoms with Gasteiger partial charge < -0.3 is 29.3 Å². The van der Waals surface area contributed by atoms with E-state index in [2.05, 4.69) is 37.4 Å². The Hall–Kier alpha value is -1.33. The number of hydrogen-bond donors (Lipinski definition) is 3. The lowest BCUT2D eigenvalue weighted by Crippen LogP contribution is -2.29. The molecule has 0 spiro atoms. The first-order chi connectivity index (χ1) is 23.1. The van der Waals surface area contributed by atoms with E-state index in [4.69, 9.17) is 23.8 Å². The topological polar surface area (TPSA) is 161 Å². The fourth-order valence-corrected chi connectivity index (χ4v) is 6.03. The summed E-state index contributed by atoms with van der Waals surface area (Å²) in [5.74, 6) is -0.233. The van der Waals surface area contributed by atoms with Crippen LogP contribution >= 0.6 is 7.82 Å². The van der Waals surface area contributed by atoms with Crippen molar-refractivity contribution in [3.8, 4) is 0 Å². The van der Waals surface area contributed by atoms with Crippen molar-refractivity contribution in [2.24, 2.45) is 5.92 Å². The van der Waals surface area contributed by atoms with E-state index in [-0.39, 0.29) is 19.4 Å². The molecular formula is C36H67O11P. The number of carbonyl (C=O) groups excluding carboxylic acids is 2. The van der Waals surface area contributed by atoms with E-state index in [9.17, 15) is 24.2 Å². The smallest absolute Gasteiger partial charge is 0.462 e. The van der Waals surface area contributed by atoms with Gasteiger partial charge >= 0.3 is 19.8 Å². The molecule has 0 bridgehead atoms. The van der Waals surface area contributed by atoms with Crippen molar-refractivity contribution < 1.29 is 52.5 Å². The second kappa shape index (κ2) is 28.4. The predicted octanol–water partition coefficient (Wildman–Crippen LogP) is 7.73. The molecule has 5 atom stereocenters. The fraction of sp³-hybridized carbons (Fsp3) is 0.889. The van der Waals surface area contributed by atoms with Crippen LogP contribution in [-0.2, 0) is 37.4 Å². The van der Waals surface area contributed by atoms with Crippen LogP contribution in [0.4, 0.5) is 0 Å². The van der Waals surface area contributed by atoms with Crippen molar-refractivity contribution >= 4 is 19.8 Å². The number of rotatable bonds is 33. The van der Waals surface area contributed by atoms with Gasteiger partial charge in [0.2, 0.25) is 0 Å². The van der Waals surface area contributed by atoms with E-state index >= 15 is 0 Å². The molecule has 48 heavy (non-hydrogen) atoms. The molecule has 1 aliphatic rings. The number of aliphatic hydroxyl groups is 2. The molecular weight excluding hydrogens is 639 g/mol. The first kappa shape index (κ1) is 44.7. The van der Waals surface area contributed by atoms with Gasteiger partial charge in [-0.25, -0.2) is 4.57 Å². The number of carbonyl (C=O) groups is 2. The van der Waals surface area contributed by atoms with Crippen LogP contribution in [0, 0.1) is 5.92 Å². The molecule has 0 saturated carbocycles. The molecule has 11 nitrogen and oxygen atoms in total. The number of phosphoric acid groups is 1. The summed E-state index contributed by atoms with van der Waals surface area (Å²) in [5.41, 5.74) is 0. The first-order valence-corrected chi connectivity index (χ1v) is 20.1. The summed E-state index contributed by atoms with van der Waals surface area (Å²) >= 11 is 0. The molecule has 3 unspecified atom stereocenters. The summed E-state index contributed by atoms with van der Waals surface area (Å²) in [5, 5.41) is 18.2. The number of epoxide rings is 1. The number of allylic oxidation sites excluding steroid dienone is 1. The number of unbranched alkanes of at least 4 members (excludes halogenated alkanes) is 12. The van der Waals surface area contributed by atoms with Crippen LogP contribution in [0.3, 0.4) is 0 Å². The molecule has 1 fully saturated rings. The highest BCUT2D eigenvalue weighted by molar-refractivity contribution is 7.47. The zero-order chi connectivity index (χ0) is 35.5. The molecule has 0 aromatic heterocycles. The van der Waals surface area contributed by atoms with Gasteiger partial charge in [-0.15, -0.1) is 0 Å². The molecule has 12 heteroatoms. The van der Waals surface area contributed by atoms with Crippen LogP contribution in [0.25, 0.3) is 0 Å².